The summed E-state index contributed by atoms with van der Waals surface area (Å²) in [6, 6.07) is 12.4. The van der Waals surface area contributed by atoms with Gasteiger partial charge in [0, 0.05) is 30.2 Å². The highest BCUT2D eigenvalue weighted by Gasteiger charge is 2.44. The molecule has 12 heteroatoms. The Morgan fingerprint density at radius 1 is 1.07 bits per heavy atom. The van der Waals surface area contributed by atoms with Gasteiger partial charge in [-0.25, -0.2) is 18.2 Å². The minimum absolute atomic E-state index is 0.0400. The summed E-state index contributed by atoms with van der Waals surface area (Å²) in [6.07, 6.45) is 8.12. The fourth-order valence-corrected chi connectivity index (χ4v) is 9.48. The van der Waals surface area contributed by atoms with Gasteiger partial charge in [0.2, 0.25) is 15.9 Å². The van der Waals surface area contributed by atoms with Crippen molar-refractivity contribution in [2.75, 3.05) is 29.4 Å². The Hall–Kier alpha value is -2.99. The van der Waals surface area contributed by atoms with Crippen molar-refractivity contribution in [3.63, 3.8) is 0 Å². The molecule has 3 fully saturated rings. The van der Waals surface area contributed by atoms with Gasteiger partial charge in [0.15, 0.2) is 0 Å². The van der Waals surface area contributed by atoms with Gasteiger partial charge in [-0.05, 0) is 56.2 Å². The van der Waals surface area contributed by atoms with Crippen molar-refractivity contribution in [2.45, 2.75) is 68.8 Å². The molecule has 1 saturated carbocycles. The molecule has 9 nitrogen and oxygen atoms in total. The van der Waals surface area contributed by atoms with Crippen LogP contribution in [-0.2, 0) is 14.8 Å². The Balaban J connectivity index is 1.35. The Bertz CT molecular complexity index is 1620. The van der Waals surface area contributed by atoms with Crippen LogP contribution in [-0.4, -0.2) is 66.4 Å². The number of nitrogens with zero attached hydrogens (tertiary/aromatic N) is 4. The van der Waals surface area contributed by atoms with E-state index < -0.39 is 34.5 Å². The molecule has 1 amide bonds. The number of sulfonamides is 1. The lowest BCUT2D eigenvalue weighted by atomic mass is 9.82. The number of piperazine rings is 1. The summed E-state index contributed by atoms with van der Waals surface area (Å²) < 4.78 is 29.2. The van der Waals surface area contributed by atoms with Crippen LogP contribution in [0.4, 0.5) is 11.5 Å². The van der Waals surface area contributed by atoms with E-state index in [9.17, 15) is 23.1 Å². The number of hydrogen-bond acceptors (Lipinski definition) is 7. The van der Waals surface area contributed by atoms with E-state index in [1.807, 2.05) is 30.3 Å². The van der Waals surface area contributed by atoms with Crippen LogP contribution < -0.4 is 9.80 Å². The molecule has 43 heavy (non-hydrogen) atoms. The normalized spacial score (nSPS) is 22.3. The fourth-order valence-electron chi connectivity index (χ4n) is 6.76. The number of hydrogen-bond donors (Lipinski definition) is 1. The maximum absolute atomic E-state index is 14.0. The van der Waals surface area contributed by atoms with Gasteiger partial charge in [-0.3, -0.25) is 4.79 Å². The molecular formula is C31H35ClN4O5S2. The molecule has 1 aliphatic carbocycles. The second-order valence-corrected chi connectivity index (χ2v) is 15.1. The summed E-state index contributed by atoms with van der Waals surface area (Å²) in [7, 11) is -4.11. The first kappa shape index (κ1) is 30.1. The van der Waals surface area contributed by atoms with Crippen molar-refractivity contribution in [3.05, 3.63) is 58.6 Å². The second kappa shape index (κ2) is 12.2. The number of rotatable bonds is 7. The molecule has 0 bridgehead atoms. The average Bonchev–Trinajstić information content (AvgIpc) is 3.64. The van der Waals surface area contributed by atoms with Gasteiger partial charge >= 0.3 is 5.97 Å². The number of halogens is 1. The Morgan fingerprint density at radius 3 is 2.47 bits per heavy atom. The van der Waals surface area contributed by atoms with Crippen LogP contribution in [0.15, 0.2) is 53.6 Å². The molecular weight excluding hydrogens is 608 g/mol. The molecule has 2 unspecified atom stereocenters. The summed E-state index contributed by atoms with van der Waals surface area (Å²) in [4.78, 5) is 35.3. The lowest BCUT2D eigenvalue weighted by molar-refractivity contribution is -0.121. The van der Waals surface area contributed by atoms with Crippen molar-refractivity contribution in [2.24, 2.45) is 5.92 Å². The number of carbonyl (C=O) groups excluding carboxylic acids is 1. The van der Waals surface area contributed by atoms with Crippen LogP contribution >= 0.6 is 22.9 Å². The van der Waals surface area contributed by atoms with Gasteiger partial charge in [0.05, 0.1) is 23.3 Å². The van der Waals surface area contributed by atoms with E-state index in [1.54, 1.807) is 11.0 Å². The molecule has 3 aliphatic rings. The monoisotopic (exact) mass is 642 g/mol. The zero-order valence-corrected chi connectivity index (χ0v) is 26.4. The molecule has 1 aromatic carbocycles. The largest absolute Gasteiger partial charge is 0.477 e. The van der Waals surface area contributed by atoms with E-state index in [4.69, 9.17) is 11.6 Å². The molecule has 4 heterocycles. The van der Waals surface area contributed by atoms with Crippen molar-refractivity contribution in [1.29, 1.82) is 0 Å². The third-order valence-electron chi connectivity index (χ3n) is 8.98. The van der Waals surface area contributed by atoms with Crippen LogP contribution in [0.25, 0.3) is 10.4 Å². The zero-order chi connectivity index (χ0) is 30.3. The standard InChI is InChI=1S/C31H35ClN4O5S2/c1-20-9-8-14-35(20)30-24(32)15-23(17-33-30)43(40,41)34-18-26(21-10-4-2-5-11-21)36(28(37)19-34)25-16-27(42-29(25)31(38)39)22-12-6-3-7-13-22/h3,6-7,12-13,15-17,20-21,26H,2,4-5,8-11,14,18-19H2,1H3,(H,38,39). The summed E-state index contributed by atoms with van der Waals surface area (Å²) in [5, 5.41) is 10.4. The van der Waals surface area contributed by atoms with E-state index >= 15 is 0 Å². The first-order chi connectivity index (χ1) is 20.6. The molecule has 228 valence electrons. The molecule has 2 aromatic heterocycles. The third kappa shape index (κ3) is 5.80. The SMILES string of the molecule is CC1CCCN1c1ncc(S(=O)(=O)N2CC(=O)N(c3cc(-c4ccccc4)sc3C(=O)O)C(C3CCCCC3)C2)cc1Cl. The lowest BCUT2D eigenvalue weighted by Gasteiger charge is -2.44. The Kier molecular flexibility index (Phi) is 8.52. The first-order valence-corrected chi connectivity index (χ1v) is 17.5. The average molecular weight is 643 g/mol. The van der Waals surface area contributed by atoms with Gasteiger partial charge in [-0.2, -0.15) is 4.31 Å². The molecule has 0 spiro atoms. The first-order valence-electron chi connectivity index (χ1n) is 14.8. The minimum atomic E-state index is -4.11. The fraction of sp³-hybridized carbons (Fsp3) is 0.452. The van der Waals surface area contributed by atoms with Gasteiger partial charge in [0.1, 0.15) is 15.6 Å². The van der Waals surface area contributed by atoms with Crippen LogP contribution in [0.1, 0.15) is 61.5 Å². The number of carboxylic acid groups (broad SMARTS) is 1. The number of amides is 1. The number of aromatic carboxylic acids is 1. The zero-order valence-electron chi connectivity index (χ0n) is 24.0. The topological polar surface area (TPSA) is 111 Å². The van der Waals surface area contributed by atoms with Crippen LogP contribution in [0.2, 0.25) is 5.02 Å². The van der Waals surface area contributed by atoms with Crippen molar-refractivity contribution in [3.8, 4) is 10.4 Å². The molecule has 6 rings (SSSR count). The number of aromatic nitrogens is 1. The number of anilines is 2. The van der Waals surface area contributed by atoms with Crippen LogP contribution in [0, 0.1) is 5.92 Å². The number of carbonyl (C=O) groups is 2. The smallest absolute Gasteiger partial charge is 0.348 e. The molecule has 1 N–H and O–H groups in total. The number of carboxylic acids is 1. The molecule has 3 aromatic rings. The number of pyridine rings is 1. The van der Waals surface area contributed by atoms with Gasteiger partial charge in [0.25, 0.3) is 0 Å². The molecule has 2 saturated heterocycles. The minimum Gasteiger partial charge on any atom is -0.477 e. The van der Waals surface area contributed by atoms with Crippen molar-refractivity contribution >= 4 is 56.3 Å². The van der Waals surface area contributed by atoms with E-state index in [1.165, 1.54) is 16.6 Å². The maximum Gasteiger partial charge on any atom is 0.348 e. The van der Waals surface area contributed by atoms with E-state index in [0.29, 0.717) is 11.5 Å². The Labute approximate surface area is 261 Å². The Morgan fingerprint density at radius 2 is 1.81 bits per heavy atom. The molecule has 2 aliphatic heterocycles. The third-order valence-corrected chi connectivity index (χ3v) is 12.2. The van der Waals surface area contributed by atoms with Gasteiger partial charge in [-0.15, -0.1) is 11.3 Å². The predicted octanol–water partition coefficient (Wildman–Crippen LogP) is 6.14. The summed E-state index contributed by atoms with van der Waals surface area (Å²) in [6.45, 7) is 2.57. The quantitative estimate of drug-likeness (QED) is 0.330. The van der Waals surface area contributed by atoms with Crippen molar-refractivity contribution < 1.29 is 23.1 Å². The van der Waals surface area contributed by atoms with E-state index in [0.717, 1.165) is 73.3 Å². The second-order valence-electron chi connectivity index (χ2n) is 11.7. The highest BCUT2D eigenvalue weighted by atomic mass is 35.5. The van der Waals surface area contributed by atoms with Crippen LogP contribution in [0.5, 0.6) is 0 Å². The van der Waals surface area contributed by atoms with Gasteiger partial charge in [-0.1, -0.05) is 61.2 Å². The van der Waals surface area contributed by atoms with Gasteiger partial charge < -0.3 is 14.9 Å². The molecule has 0 radical (unpaired) electrons. The van der Waals surface area contributed by atoms with E-state index in [-0.39, 0.29) is 33.3 Å². The number of benzene rings is 1. The summed E-state index contributed by atoms with van der Waals surface area (Å²) in [5.41, 5.74) is 1.20. The van der Waals surface area contributed by atoms with Crippen LogP contribution in [0.3, 0.4) is 0 Å². The predicted molar refractivity (Wildman–Crippen MR) is 169 cm³/mol. The highest BCUT2D eigenvalue weighted by Crippen LogP contribution is 2.42. The van der Waals surface area contributed by atoms with Crippen molar-refractivity contribution in [1.82, 2.24) is 9.29 Å². The maximum atomic E-state index is 14.0. The van der Waals surface area contributed by atoms with E-state index in [2.05, 4.69) is 16.8 Å². The lowest BCUT2D eigenvalue weighted by Crippen LogP contribution is -2.60. The summed E-state index contributed by atoms with van der Waals surface area (Å²) >= 11 is 7.71. The highest BCUT2D eigenvalue weighted by molar-refractivity contribution is 7.89. The number of thiophene rings is 1. The molecule has 2 atom stereocenters. The summed E-state index contributed by atoms with van der Waals surface area (Å²) in [5.74, 6) is -0.940.